The molecule has 0 heterocycles. The van der Waals surface area contributed by atoms with Crippen LogP contribution in [0.4, 0.5) is 0 Å². The number of aliphatic hydroxyl groups is 1. The van der Waals surface area contributed by atoms with Gasteiger partial charge in [0.1, 0.15) is 0 Å². The van der Waals surface area contributed by atoms with Crippen molar-refractivity contribution in [2.75, 3.05) is 13.6 Å². The third-order valence-electron chi connectivity index (χ3n) is 4.16. The molecule has 1 saturated carbocycles. The van der Waals surface area contributed by atoms with Crippen molar-refractivity contribution in [3.63, 3.8) is 0 Å². The van der Waals surface area contributed by atoms with E-state index in [2.05, 4.69) is 12.1 Å². The summed E-state index contributed by atoms with van der Waals surface area (Å²) in [6.45, 7) is 3.83. The Morgan fingerprint density at radius 3 is 2.30 bits per heavy atom. The fraction of sp³-hybridized carbons (Fsp3) is 0.588. The minimum absolute atomic E-state index is 0.142. The normalized spacial score (nSPS) is 18.0. The Bertz CT molecular complexity index is 456. The topological polar surface area (TPSA) is 40.5 Å². The zero-order valence-electron chi connectivity index (χ0n) is 12.7. The molecular weight excluding hydrogens is 250 g/mol. The molecule has 1 aromatic carbocycles. The zero-order valence-corrected chi connectivity index (χ0v) is 12.7. The Morgan fingerprint density at radius 1 is 1.25 bits per heavy atom. The van der Waals surface area contributed by atoms with Crippen LogP contribution in [0, 0.1) is 0 Å². The van der Waals surface area contributed by atoms with Crippen LogP contribution in [-0.2, 0) is 10.2 Å². The lowest BCUT2D eigenvalue weighted by Gasteiger charge is -2.35. The molecule has 0 saturated heterocycles. The van der Waals surface area contributed by atoms with Crippen LogP contribution in [0.2, 0.25) is 0 Å². The molecular formula is C17H25NO2. The summed E-state index contributed by atoms with van der Waals surface area (Å²) in [5.74, 6) is 0.142. The molecule has 1 aromatic rings. The number of hydrogen-bond donors (Lipinski definition) is 1. The fourth-order valence-corrected chi connectivity index (χ4v) is 3.38. The molecule has 0 atom stereocenters. The van der Waals surface area contributed by atoms with E-state index in [1.54, 1.807) is 25.8 Å². The Morgan fingerprint density at radius 2 is 1.80 bits per heavy atom. The lowest BCUT2D eigenvalue weighted by molar-refractivity contribution is -0.138. The highest BCUT2D eigenvalue weighted by molar-refractivity contribution is 5.88. The first kappa shape index (κ1) is 15.0. The summed E-state index contributed by atoms with van der Waals surface area (Å²) in [6, 6.07) is 10.1. The van der Waals surface area contributed by atoms with Gasteiger partial charge in [-0.3, -0.25) is 4.79 Å². The van der Waals surface area contributed by atoms with Crippen LogP contribution >= 0.6 is 0 Å². The monoisotopic (exact) mass is 275 g/mol. The average Bonchev–Trinajstić information content (AvgIpc) is 2.87. The summed E-state index contributed by atoms with van der Waals surface area (Å²) in [5.41, 5.74) is -0.132. The van der Waals surface area contributed by atoms with E-state index in [9.17, 15) is 9.90 Å². The van der Waals surface area contributed by atoms with Crippen LogP contribution < -0.4 is 0 Å². The third kappa shape index (κ3) is 3.04. The minimum atomic E-state index is -0.860. The molecule has 0 unspecified atom stereocenters. The van der Waals surface area contributed by atoms with Gasteiger partial charge in [0, 0.05) is 13.6 Å². The number of hydrogen-bond acceptors (Lipinski definition) is 2. The van der Waals surface area contributed by atoms with Crippen LogP contribution in [0.25, 0.3) is 0 Å². The summed E-state index contributed by atoms with van der Waals surface area (Å²) >= 11 is 0. The molecule has 3 heteroatoms. The summed E-state index contributed by atoms with van der Waals surface area (Å²) in [4.78, 5) is 14.7. The molecule has 0 bridgehead atoms. The molecule has 0 spiro atoms. The van der Waals surface area contributed by atoms with E-state index in [-0.39, 0.29) is 11.3 Å². The highest BCUT2D eigenvalue weighted by Crippen LogP contribution is 2.42. The zero-order chi connectivity index (χ0) is 14.8. The number of carbonyl (C=O) groups is 1. The molecule has 3 nitrogen and oxygen atoms in total. The Kier molecular flexibility index (Phi) is 4.19. The smallest absolute Gasteiger partial charge is 0.233 e. The Balaban J connectivity index is 2.27. The number of benzene rings is 1. The van der Waals surface area contributed by atoms with E-state index in [0.29, 0.717) is 6.54 Å². The van der Waals surface area contributed by atoms with Crippen LogP contribution in [0.15, 0.2) is 30.3 Å². The number of likely N-dealkylation sites (N-methyl/N-ethyl adjacent to an activating group) is 1. The fourth-order valence-electron chi connectivity index (χ4n) is 3.38. The summed E-state index contributed by atoms with van der Waals surface area (Å²) in [7, 11) is 1.79. The summed E-state index contributed by atoms with van der Waals surface area (Å²) in [5, 5.41) is 9.94. The van der Waals surface area contributed by atoms with E-state index < -0.39 is 5.60 Å². The first-order valence-corrected chi connectivity index (χ1v) is 7.39. The predicted molar refractivity (Wildman–Crippen MR) is 80.5 cm³/mol. The predicted octanol–water partition coefficient (Wildman–Crippen LogP) is 2.73. The number of rotatable bonds is 4. The molecule has 1 aliphatic carbocycles. The van der Waals surface area contributed by atoms with Crippen molar-refractivity contribution in [2.45, 2.75) is 50.5 Å². The first-order valence-electron chi connectivity index (χ1n) is 7.39. The van der Waals surface area contributed by atoms with E-state index in [0.717, 1.165) is 31.2 Å². The maximum absolute atomic E-state index is 13.0. The highest BCUT2D eigenvalue weighted by atomic mass is 16.3. The Hall–Kier alpha value is -1.35. The van der Waals surface area contributed by atoms with Crippen molar-refractivity contribution >= 4 is 5.91 Å². The SMILES string of the molecule is CN(CC(C)(C)O)C(=O)C1(c2ccccc2)CCCC1. The third-order valence-corrected chi connectivity index (χ3v) is 4.16. The van der Waals surface area contributed by atoms with Crippen LogP contribution in [-0.4, -0.2) is 35.1 Å². The molecule has 1 aliphatic rings. The van der Waals surface area contributed by atoms with Gasteiger partial charge in [-0.15, -0.1) is 0 Å². The van der Waals surface area contributed by atoms with Crippen molar-refractivity contribution in [1.82, 2.24) is 4.90 Å². The maximum atomic E-state index is 13.0. The van der Waals surface area contributed by atoms with Crippen molar-refractivity contribution in [1.29, 1.82) is 0 Å². The van der Waals surface area contributed by atoms with Gasteiger partial charge in [0.15, 0.2) is 0 Å². The number of amides is 1. The second kappa shape index (κ2) is 5.57. The first-order chi connectivity index (χ1) is 9.35. The van der Waals surface area contributed by atoms with Crippen molar-refractivity contribution in [2.24, 2.45) is 0 Å². The maximum Gasteiger partial charge on any atom is 0.233 e. The quantitative estimate of drug-likeness (QED) is 0.918. The number of carbonyl (C=O) groups excluding carboxylic acids is 1. The molecule has 2 rings (SSSR count). The molecule has 110 valence electrons. The van der Waals surface area contributed by atoms with Gasteiger partial charge < -0.3 is 10.0 Å². The van der Waals surface area contributed by atoms with Crippen molar-refractivity contribution in [3.8, 4) is 0 Å². The van der Waals surface area contributed by atoms with E-state index >= 15 is 0 Å². The number of nitrogens with zero attached hydrogens (tertiary/aromatic N) is 1. The molecule has 1 N–H and O–H groups in total. The lowest BCUT2D eigenvalue weighted by atomic mass is 9.77. The Labute approximate surface area is 121 Å². The molecule has 1 fully saturated rings. The lowest BCUT2D eigenvalue weighted by Crippen LogP contribution is -2.48. The van der Waals surface area contributed by atoms with Crippen LogP contribution in [0.3, 0.4) is 0 Å². The largest absolute Gasteiger partial charge is 0.389 e. The van der Waals surface area contributed by atoms with Gasteiger partial charge >= 0.3 is 0 Å². The minimum Gasteiger partial charge on any atom is -0.389 e. The van der Waals surface area contributed by atoms with Gasteiger partial charge in [0.2, 0.25) is 5.91 Å². The van der Waals surface area contributed by atoms with Gasteiger partial charge in [-0.1, -0.05) is 43.2 Å². The van der Waals surface area contributed by atoms with E-state index in [1.807, 2.05) is 18.2 Å². The van der Waals surface area contributed by atoms with Gasteiger partial charge in [-0.05, 0) is 32.3 Å². The van der Waals surface area contributed by atoms with Gasteiger partial charge in [-0.25, -0.2) is 0 Å². The highest BCUT2D eigenvalue weighted by Gasteiger charge is 2.44. The van der Waals surface area contributed by atoms with E-state index in [4.69, 9.17) is 0 Å². The average molecular weight is 275 g/mol. The van der Waals surface area contributed by atoms with Gasteiger partial charge in [-0.2, -0.15) is 0 Å². The van der Waals surface area contributed by atoms with Crippen molar-refractivity contribution < 1.29 is 9.90 Å². The molecule has 20 heavy (non-hydrogen) atoms. The molecule has 0 aliphatic heterocycles. The summed E-state index contributed by atoms with van der Waals surface area (Å²) < 4.78 is 0. The standard InChI is InChI=1S/C17H25NO2/c1-16(2,20)13-18(3)15(19)17(11-7-8-12-17)14-9-5-4-6-10-14/h4-6,9-10,20H,7-8,11-13H2,1-3H3. The molecule has 0 aromatic heterocycles. The van der Waals surface area contributed by atoms with Gasteiger partial charge in [0.05, 0.1) is 11.0 Å². The van der Waals surface area contributed by atoms with E-state index in [1.165, 1.54) is 0 Å². The van der Waals surface area contributed by atoms with Gasteiger partial charge in [0.25, 0.3) is 0 Å². The molecule has 0 radical (unpaired) electrons. The second-order valence-corrected chi connectivity index (χ2v) is 6.63. The van der Waals surface area contributed by atoms with Crippen molar-refractivity contribution in [3.05, 3.63) is 35.9 Å². The molecule has 1 amide bonds. The summed E-state index contributed by atoms with van der Waals surface area (Å²) in [6.07, 6.45) is 4.01. The van der Waals surface area contributed by atoms with Crippen LogP contribution in [0.1, 0.15) is 45.1 Å². The second-order valence-electron chi connectivity index (χ2n) is 6.63. The van der Waals surface area contributed by atoms with Crippen LogP contribution in [0.5, 0.6) is 0 Å².